The van der Waals surface area contributed by atoms with E-state index in [1.807, 2.05) is 27.7 Å². The first-order valence-corrected chi connectivity index (χ1v) is 12.4. The van der Waals surface area contributed by atoms with Crippen LogP contribution >= 0.6 is 11.6 Å². The molecule has 1 N–H and O–H groups in total. The van der Waals surface area contributed by atoms with E-state index in [4.69, 9.17) is 16.0 Å². The summed E-state index contributed by atoms with van der Waals surface area (Å²) < 4.78 is 33.2. The highest BCUT2D eigenvalue weighted by Gasteiger charge is 2.26. The van der Waals surface area contributed by atoms with Gasteiger partial charge < -0.3 is 4.42 Å². The SMILES string of the molecule is CC(C)CN(CC(C)C)S(=O)(=O)c1ccc(C(=O)Nc2nnc(-c3cccc(Cl)c3)o2)cc1. The summed E-state index contributed by atoms with van der Waals surface area (Å²) in [5, 5.41) is 10.8. The van der Waals surface area contributed by atoms with Crippen LogP contribution in [0.2, 0.25) is 5.02 Å². The number of nitrogens with one attached hydrogen (secondary N) is 1. The lowest BCUT2D eigenvalue weighted by molar-refractivity contribution is 0.102. The number of nitrogens with zero attached hydrogens (tertiary/aromatic N) is 3. The van der Waals surface area contributed by atoms with E-state index < -0.39 is 15.9 Å². The van der Waals surface area contributed by atoms with Gasteiger partial charge in [0.2, 0.25) is 15.9 Å². The number of sulfonamides is 1. The van der Waals surface area contributed by atoms with Crippen molar-refractivity contribution in [2.24, 2.45) is 11.8 Å². The van der Waals surface area contributed by atoms with Crippen LogP contribution in [-0.2, 0) is 10.0 Å². The molecule has 0 saturated carbocycles. The molecule has 0 radical (unpaired) electrons. The van der Waals surface area contributed by atoms with Crippen molar-refractivity contribution in [1.29, 1.82) is 0 Å². The van der Waals surface area contributed by atoms with Crippen LogP contribution in [0.5, 0.6) is 0 Å². The van der Waals surface area contributed by atoms with Gasteiger partial charge in [0.15, 0.2) is 0 Å². The van der Waals surface area contributed by atoms with Gasteiger partial charge in [-0.15, -0.1) is 5.10 Å². The van der Waals surface area contributed by atoms with Gasteiger partial charge in [0.1, 0.15) is 0 Å². The Hall–Kier alpha value is -2.75. The molecular formula is C23H27ClN4O4S. The van der Waals surface area contributed by atoms with Crippen molar-refractivity contribution in [3.05, 3.63) is 59.1 Å². The average molecular weight is 491 g/mol. The summed E-state index contributed by atoms with van der Waals surface area (Å²) in [5.41, 5.74) is 0.883. The summed E-state index contributed by atoms with van der Waals surface area (Å²) in [4.78, 5) is 12.7. The van der Waals surface area contributed by atoms with Crippen LogP contribution < -0.4 is 5.32 Å². The van der Waals surface area contributed by atoms with E-state index in [1.54, 1.807) is 24.3 Å². The summed E-state index contributed by atoms with van der Waals surface area (Å²) in [7, 11) is -3.67. The number of anilines is 1. The predicted octanol–water partition coefficient (Wildman–Crippen LogP) is 4.95. The summed E-state index contributed by atoms with van der Waals surface area (Å²) >= 11 is 5.97. The monoisotopic (exact) mass is 490 g/mol. The van der Waals surface area contributed by atoms with Crippen LogP contribution in [0.4, 0.5) is 6.01 Å². The lowest BCUT2D eigenvalue weighted by atomic mass is 10.2. The fraction of sp³-hybridized carbons (Fsp3) is 0.348. The maximum absolute atomic E-state index is 13.1. The van der Waals surface area contributed by atoms with Gasteiger partial charge in [-0.1, -0.05) is 50.5 Å². The van der Waals surface area contributed by atoms with E-state index in [2.05, 4.69) is 15.5 Å². The number of hydrogen-bond donors (Lipinski definition) is 1. The van der Waals surface area contributed by atoms with Crippen LogP contribution in [0.15, 0.2) is 57.8 Å². The Kier molecular flexibility index (Phi) is 7.88. The Morgan fingerprint density at radius 2 is 1.67 bits per heavy atom. The standard InChI is InChI=1S/C23H27ClN4O4S/c1-15(2)13-28(14-16(3)4)33(30,31)20-10-8-17(9-11-20)21(29)25-23-27-26-22(32-23)18-6-5-7-19(24)12-18/h5-12,15-16H,13-14H2,1-4H3,(H,25,27,29). The molecule has 3 aromatic rings. The smallest absolute Gasteiger partial charge is 0.322 e. The first-order chi connectivity index (χ1) is 15.6. The first-order valence-electron chi connectivity index (χ1n) is 10.6. The molecule has 1 heterocycles. The van der Waals surface area contributed by atoms with Crippen LogP contribution in [0.1, 0.15) is 38.1 Å². The minimum Gasteiger partial charge on any atom is -0.403 e. The largest absolute Gasteiger partial charge is 0.403 e. The topological polar surface area (TPSA) is 105 Å². The van der Waals surface area contributed by atoms with Gasteiger partial charge in [0, 0.05) is 29.2 Å². The van der Waals surface area contributed by atoms with E-state index >= 15 is 0 Å². The quantitative estimate of drug-likeness (QED) is 0.455. The zero-order valence-corrected chi connectivity index (χ0v) is 20.5. The van der Waals surface area contributed by atoms with E-state index in [9.17, 15) is 13.2 Å². The van der Waals surface area contributed by atoms with Gasteiger partial charge in [0.25, 0.3) is 5.91 Å². The van der Waals surface area contributed by atoms with Crippen molar-refractivity contribution in [2.75, 3.05) is 18.4 Å². The Balaban J connectivity index is 1.73. The Morgan fingerprint density at radius 1 is 1.03 bits per heavy atom. The summed E-state index contributed by atoms with van der Waals surface area (Å²) in [6, 6.07) is 12.6. The van der Waals surface area contributed by atoms with Gasteiger partial charge in [-0.25, -0.2) is 8.42 Å². The van der Waals surface area contributed by atoms with Gasteiger partial charge in [0.05, 0.1) is 4.90 Å². The van der Waals surface area contributed by atoms with Crippen molar-refractivity contribution >= 4 is 33.5 Å². The second-order valence-corrected chi connectivity index (χ2v) is 10.9. The molecule has 10 heteroatoms. The highest BCUT2D eigenvalue weighted by molar-refractivity contribution is 7.89. The number of carbonyl (C=O) groups excluding carboxylic acids is 1. The van der Waals surface area contributed by atoms with Gasteiger partial charge in [-0.3, -0.25) is 10.1 Å². The van der Waals surface area contributed by atoms with Crippen molar-refractivity contribution in [2.45, 2.75) is 32.6 Å². The van der Waals surface area contributed by atoms with E-state index in [-0.39, 0.29) is 34.2 Å². The van der Waals surface area contributed by atoms with Crippen molar-refractivity contribution < 1.29 is 17.6 Å². The molecule has 0 unspecified atom stereocenters. The van der Waals surface area contributed by atoms with Crippen molar-refractivity contribution in [3.8, 4) is 11.5 Å². The molecule has 33 heavy (non-hydrogen) atoms. The molecule has 1 aromatic heterocycles. The second-order valence-electron chi connectivity index (χ2n) is 8.51. The zero-order valence-electron chi connectivity index (χ0n) is 18.9. The Bertz CT molecular complexity index is 1200. The number of aromatic nitrogens is 2. The molecule has 0 spiro atoms. The molecule has 0 aliphatic rings. The third-order valence-electron chi connectivity index (χ3n) is 4.61. The normalized spacial score (nSPS) is 12.0. The molecule has 0 saturated heterocycles. The maximum atomic E-state index is 13.1. The molecule has 1 amide bonds. The summed E-state index contributed by atoms with van der Waals surface area (Å²) in [5.74, 6) is 0.0932. The molecule has 2 aromatic carbocycles. The number of amides is 1. The van der Waals surface area contributed by atoms with Crippen LogP contribution in [0.25, 0.3) is 11.5 Å². The number of halogens is 1. The summed E-state index contributed by atoms with van der Waals surface area (Å²) in [6.45, 7) is 8.76. The first kappa shape index (κ1) is 24.9. The van der Waals surface area contributed by atoms with Crippen LogP contribution in [0.3, 0.4) is 0 Å². The summed E-state index contributed by atoms with van der Waals surface area (Å²) in [6.07, 6.45) is 0. The molecule has 8 nitrogen and oxygen atoms in total. The van der Waals surface area contributed by atoms with Gasteiger partial charge >= 0.3 is 6.01 Å². The van der Waals surface area contributed by atoms with Crippen molar-refractivity contribution in [3.63, 3.8) is 0 Å². The fourth-order valence-electron chi connectivity index (χ4n) is 3.19. The van der Waals surface area contributed by atoms with Crippen LogP contribution in [0, 0.1) is 11.8 Å². The number of rotatable bonds is 9. The minimum absolute atomic E-state index is 0.0771. The van der Waals surface area contributed by atoms with Crippen molar-refractivity contribution in [1.82, 2.24) is 14.5 Å². The van der Waals surface area contributed by atoms with Crippen LogP contribution in [-0.4, -0.2) is 41.9 Å². The highest BCUT2D eigenvalue weighted by Crippen LogP contribution is 2.23. The Morgan fingerprint density at radius 3 is 2.24 bits per heavy atom. The maximum Gasteiger partial charge on any atom is 0.322 e. The minimum atomic E-state index is -3.67. The fourth-order valence-corrected chi connectivity index (χ4v) is 5.15. The molecule has 0 aliphatic carbocycles. The molecule has 0 fully saturated rings. The third-order valence-corrected chi connectivity index (χ3v) is 6.69. The molecule has 176 valence electrons. The van der Waals surface area contributed by atoms with Gasteiger partial charge in [-0.2, -0.15) is 4.31 Å². The third kappa shape index (κ3) is 6.40. The van der Waals surface area contributed by atoms with Gasteiger partial charge in [-0.05, 0) is 54.3 Å². The highest BCUT2D eigenvalue weighted by atomic mass is 35.5. The zero-order chi connectivity index (χ0) is 24.2. The van der Waals surface area contributed by atoms with E-state index in [0.717, 1.165) is 0 Å². The molecule has 0 bridgehead atoms. The Labute approximate surface area is 199 Å². The molecule has 3 rings (SSSR count). The van der Waals surface area contributed by atoms with E-state index in [0.29, 0.717) is 23.7 Å². The number of hydrogen-bond acceptors (Lipinski definition) is 6. The molecular weight excluding hydrogens is 464 g/mol. The average Bonchev–Trinajstić information content (AvgIpc) is 3.21. The predicted molar refractivity (Wildman–Crippen MR) is 128 cm³/mol. The lowest BCUT2D eigenvalue weighted by Gasteiger charge is -2.25. The molecule has 0 aliphatic heterocycles. The number of benzene rings is 2. The number of carbonyl (C=O) groups is 1. The van der Waals surface area contributed by atoms with E-state index in [1.165, 1.54) is 28.6 Å². The molecule has 0 atom stereocenters. The second kappa shape index (κ2) is 10.5. The lowest BCUT2D eigenvalue weighted by Crippen LogP contribution is -2.37.